The van der Waals surface area contributed by atoms with E-state index in [2.05, 4.69) is 10.3 Å². The van der Waals surface area contributed by atoms with Crippen LogP contribution in [0.2, 0.25) is 15.1 Å². The zero-order valence-electron chi connectivity index (χ0n) is 15.6. The molecular formula is C21H17Cl3N2O3. The number of ether oxygens (including phenoxy) is 1. The average Bonchev–Trinajstić information content (AvgIpc) is 2.67. The van der Waals surface area contributed by atoms with Crippen LogP contribution >= 0.6 is 34.8 Å². The van der Waals surface area contributed by atoms with Crippen LogP contribution in [0.25, 0.3) is 10.9 Å². The van der Waals surface area contributed by atoms with Gasteiger partial charge < -0.3 is 10.1 Å². The second kappa shape index (κ2) is 8.99. The van der Waals surface area contributed by atoms with Crippen molar-refractivity contribution in [2.75, 3.05) is 11.9 Å². The Morgan fingerprint density at radius 3 is 2.38 bits per heavy atom. The van der Waals surface area contributed by atoms with E-state index in [1.165, 1.54) is 12.1 Å². The summed E-state index contributed by atoms with van der Waals surface area (Å²) in [4.78, 5) is 29.5. The molecule has 0 aliphatic rings. The van der Waals surface area contributed by atoms with Crippen LogP contribution in [-0.4, -0.2) is 23.5 Å². The molecule has 0 saturated heterocycles. The summed E-state index contributed by atoms with van der Waals surface area (Å²) < 4.78 is 5.22. The van der Waals surface area contributed by atoms with Crippen LogP contribution in [0.15, 0.2) is 42.5 Å². The molecule has 150 valence electrons. The minimum absolute atomic E-state index is 0.128. The predicted molar refractivity (Wildman–Crippen MR) is 116 cm³/mol. The van der Waals surface area contributed by atoms with Gasteiger partial charge in [-0.25, -0.2) is 4.79 Å². The van der Waals surface area contributed by atoms with E-state index < -0.39 is 18.5 Å². The van der Waals surface area contributed by atoms with Crippen molar-refractivity contribution in [1.82, 2.24) is 4.98 Å². The summed E-state index contributed by atoms with van der Waals surface area (Å²) in [6.07, 6.45) is 0. The number of aromatic nitrogens is 1. The zero-order chi connectivity index (χ0) is 21.1. The minimum Gasteiger partial charge on any atom is -0.452 e. The molecule has 0 unspecified atom stereocenters. The molecule has 0 bridgehead atoms. The van der Waals surface area contributed by atoms with E-state index in [9.17, 15) is 9.59 Å². The summed E-state index contributed by atoms with van der Waals surface area (Å²) in [7, 11) is 0. The van der Waals surface area contributed by atoms with Gasteiger partial charge in [0.15, 0.2) is 6.61 Å². The van der Waals surface area contributed by atoms with Crippen LogP contribution in [-0.2, 0) is 9.53 Å². The second-order valence-corrected chi connectivity index (χ2v) is 7.89. The fraction of sp³-hybridized carbons (Fsp3) is 0.190. The average molecular weight is 452 g/mol. The highest BCUT2D eigenvalue weighted by Gasteiger charge is 2.18. The first-order valence-corrected chi connectivity index (χ1v) is 9.91. The predicted octanol–water partition coefficient (Wildman–Crippen LogP) is 6.11. The molecule has 1 amide bonds. The van der Waals surface area contributed by atoms with Crippen molar-refractivity contribution in [2.45, 2.75) is 19.8 Å². The van der Waals surface area contributed by atoms with Gasteiger partial charge in [0.25, 0.3) is 5.91 Å². The maximum atomic E-state index is 12.7. The summed E-state index contributed by atoms with van der Waals surface area (Å²) in [5, 5.41) is 3.90. The molecular weight excluding hydrogens is 435 g/mol. The first-order chi connectivity index (χ1) is 13.8. The highest BCUT2D eigenvalue weighted by molar-refractivity contribution is 6.42. The maximum Gasteiger partial charge on any atom is 0.339 e. The number of halogens is 3. The lowest BCUT2D eigenvalue weighted by Gasteiger charge is -2.12. The summed E-state index contributed by atoms with van der Waals surface area (Å²) in [5.41, 5.74) is 2.01. The Hall–Kier alpha value is -2.34. The van der Waals surface area contributed by atoms with Crippen molar-refractivity contribution in [3.63, 3.8) is 0 Å². The molecule has 0 aliphatic heterocycles. The normalized spacial score (nSPS) is 11.0. The van der Waals surface area contributed by atoms with E-state index in [4.69, 9.17) is 39.5 Å². The van der Waals surface area contributed by atoms with Crippen molar-refractivity contribution in [3.05, 3.63) is 68.8 Å². The lowest BCUT2D eigenvalue weighted by molar-refractivity contribution is -0.119. The highest BCUT2D eigenvalue weighted by atomic mass is 35.5. The number of benzene rings is 2. The molecule has 0 atom stereocenters. The second-order valence-electron chi connectivity index (χ2n) is 6.64. The van der Waals surface area contributed by atoms with Crippen LogP contribution < -0.4 is 5.32 Å². The molecule has 29 heavy (non-hydrogen) atoms. The van der Waals surface area contributed by atoms with Crippen LogP contribution in [0, 0.1) is 0 Å². The number of carbonyl (C=O) groups is 2. The minimum atomic E-state index is -0.617. The quantitative estimate of drug-likeness (QED) is 0.475. The Bertz CT molecular complexity index is 1080. The number of esters is 1. The standard InChI is InChI=1S/C21H17Cl3N2O3/c1-11(2)18-9-14(13-5-3-4-6-17(13)25-18)21(28)29-10-19(27)26-20-15(23)7-12(22)8-16(20)24/h3-9,11H,10H2,1-2H3,(H,26,27). The number of amides is 1. The van der Waals surface area contributed by atoms with Gasteiger partial charge in [0, 0.05) is 16.1 Å². The van der Waals surface area contributed by atoms with Crippen LogP contribution in [0.1, 0.15) is 35.8 Å². The summed E-state index contributed by atoms with van der Waals surface area (Å²) in [6.45, 7) is 3.47. The van der Waals surface area contributed by atoms with Crippen LogP contribution in [0.3, 0.4) is 0 Å². The summed E-state index contributed by atoms with van der Waals surface area (Å²) in [5.74, 6) is -1.07. The van der Waals surface area contributed by atoms with E-state index in [0.29, 0.717) is 21.5 Å². The molecule has 5 nitrogen and oxygen atoms in total. The molecule has 1 heterocycles. The lowest BCUT2D eigenvalue weighted by atomic mass is 10.0. The fourth-order valence-corrected chi connectivity index (χ4v) is 3.62. The summed E-state index contributed by atoms with van der Waals surface area (Å²) in [6, 6.07) is 11.9. The van der Waals surface area contributed by atoms with E-state index in [1.54, 1.807) is 12.1 Å². The number of hydrogen-bond acceptors (Lipinski definition) is 4. The number of nitrogens with zero attached hydrogens (tertiary/aromatic N) is 1. The molecule has 1 aromatic heterocycles. The molecule has 1 N–H and O–H groups in total. The van der Waals surface area contributed by atoms with Crippen LogP contribution in [0.5, 0.6) is 0 Å². The smallest absolute Gasteiger partial charge is 0.339 e. The van der Waals surface area contributed by atoms with E-state index in [-0.39, 0.29) is 21.7 Å². The first kappa shape index (κ1) is 21.4. The Morgan fingerprint density at radius 1 is 1.07 bits per heavy atom. The molecule has 8 heteroatoms. The Balaban J connectivity index is 1.77. The van der Waals surface area contributed by atoms with Crippen molar-refractivity contribution in [3.8, 4) is 0 Å². The topological polar surface area (TPSA) is 68.3 Å². The summed E-state index contributed by atoms with van der Waals surface area (Å²) >= 11 is 18.0. The van der Waals surface area contributed by atoms with Crippen molar-refractivity contribution >= 4 is 63.3 Å². The van der Waals surface area contributed by atoms with Crippen molar-refractivity contribution in [1.29, 1.82) is 0 Å². The zero-order valence-corrected chi connectivity index (χ0v) is 17.9. The number of carbonyl (C=O) groups excluding carboxylic acids is 2. The first-order valence-electron chi connectivity index (χ1n) is 8.77. The van der Waals surface area contributed by atoms with E-state index in [0.717, 1.165) is 5.69 Å². The van der Waals surface area contributed by atoms with Gasteiger partial charge in [-0.2, -0.15) is 0 Å². The third-order valence-electron chi connectivity index (χ3n) is 4.15. The van der Waals surface area contributed by atoms with E-state index in [1.807, 2.05) is 32.0 Å². The van der Waals surface area contributed by atoms with Crippen molar-refractivity contribution < 1.29 is 14.3 Å². The third kappa shape index (κ3) is 4.99. The molecule has 2 aromatic carbocycles. The SMILES string of the molecule is CC(C)c1cc(C(=O)OCC(=O)Nc2c(Cl)cc(Cl)cc2Cl)c2ccccc2n1. The number of pyridine rings is 1. The highest BCUT2D eigenvalue weighted by Crippen LogP contribution is 2.33. The fourth-order valence-electron chi connectivity index (χ4n) is 2.71. The van der Waals surface area contributed by atoms with Gasteiger partial charge in [-0.05, 0) is 30.2 Å². The number of fused-ring (bicyclic) bond motifs is 1. The van der Waals surface area contributed by atoms with Gasteiger partial charge in [0.2, 0.25) is 0 Å². The van der Waals surface area contributed by atoms with Gasteiger partial charge in [-0.15, -0.1) is 0 Å². The number of rotatable bonds is 5. The number of nitrogens with one attached hydrogen (secondary N) is 1. The molecule has 0 spiro atoms. The third-order valence-corrected chi connectivity index (χ3v) is 4.97. The Morgan fingerprint density at radius 2 is 1.72 bits per heavy atom. The number of anilines is 1. The Kier molecular flexibility index (Phi) is 6.63. The molecule has 0 saturated carbocycles. The van der Waals surface area contributed by atoms with Gasteiger partial charge >= 0.3 is 5.97 Å². The van der Waals surface area contributed by atoms with Gasteiger partial charge in [0.1, 0.15) is 0 Å². The molecule has 3 rings (SSSR count). The number of para-hydroxylation sites is 1. The van der Waals surface area contributed by atoms with E-state index >= 15 is 0 Å². The van der Waals surface area contributed by atoms with Crippen LogP contribution in [0.4, 0.5) is 5.69 Å². The monoisotopic (exact) mass is 450 g/mol. The van der Waals surface area contributed by atoms with Crippen molar-refractivity contribution in [2.24, 2.45) is 0 Å². The van der Waals surface area contributed by atoms with Gasteiger partial charge in [0.05, 0.1) is 26.8 Å². The molecule has 0 aliphatic carbocycles. The van der Waals surface area contributed by atoms with Gasteiger partial charge in [-0.3, -0.25) is 9.78 Å². The Labute approximate surface area is 182 Å². The lowest BCUT2D eigenvalue weighted by Crippen LogP contribution is -2.21. The molecule has 0 fully saturated rings. The number of hydrogen-bond donors (Lipinski definition) is 1. The maximum absolute atomic E-state index is 12.7. The van der Waals surface area contributed by atoms with Gasteiger partial charge in [-0.1, -0.05) is 66.8 Å². The molecule has 3 aromatic rings. The largest absolute Gasteiger partial charge is 0.452 e. The molecule has 0 radical (unpaired) electrons.